The number of rotatable bonds is 11. The van der Waals surface area contributed by atoms with E-state index in [-0.39, 0.29) is 37.0 Å². The fraction of sp³-hybridized carbons (Fsp3) is 0.786. The molecule has 21 heavy (non-hydrogen) atoms. The average molecular weight is 302 g/mol. The summed E-state index contributed by atoms with van der Waals surface area (Å²) < 4.78 is 0. The zero-order chi connectivity index (χ0) is 16.5. The number of nitrogens with two attached hydrogens (primary N) is 1. The number of aliphatic carboxylic acids is 2. The third-order valence-electron chi connectivity index (χ3n) is 3.37. The van der Waals surface area contributed by atoms with Crippen molar-refractivity contribution in [3.8, 4) is 0 Å². The molecule has 0 aromatic rings. The topological polar surface area (TPSA) is 130 Å². The van der Waals surface area contributed by atoms with E-state index in [1.54, 1.807) is 0 Å². The molecule has 0 rings (SSSR count). The van der Waals surface area contributed by atoms with Crippen LogP contribution >= 0.6 is 0 Å². The zero-order valence-corrected chi connectivity index (χ0v) is 12.7. The smallest absolute Gasteiger partial charge is 0.326 e. The molecule has 7 heteroatoms. The van der Waals surface area contributed by atoms with Gasteiger partial charge >= 0.3 is 11.9 Å². The first-order chi connectivity index (χ1) is 9.68. The van der Waals surface area contributed by atoms with Crippen LogP contribution in [0.25, 0.3) is 0 Å². The van der Waals surface area contributed by atoms with Crippen LogP contribution in [-0.4, -0.2) is 40.6 Å². The van der Waals surface area contributed by atoms with Gasteiger partial charge in [0.15, 0.2) is 0 Å². The minimum absolute atomic E-state index is 0.0614. The zero-order valence-electron chi connectivity index (χ0n) is 12.7. The summed E-state index contributed by atoms with van der Waals surface area (Å²) in [5.41, 5.74) is 5.43. The average Bonchev–Trinajstić information content (AvgIpc) is 2.34. The van der Waals surface area contributed by atoms with Crippen molar-refractivity contribution in [2.45, 2.75) is 58.4 Å². The van der Waals surface area contributed by atoms with E-state index in [1.807, 2.05) is 13.8 Å². The van der Waals surface area contributed by atoms with E-state index in [0.717, 1.165) is 6.42 Å². The van der Waals surface area contributed by atoms with Crippen LogP contribution in [-0.2, 0) is 14.4 Å². The molecule has 5 N–H and O–H groups in total. The van der Waals surface area contributed by atoms with Crippen LogP contribution in [0.2, 0.25) is 0 Å². The quantitative estimate of drug-likeness (QED) is 0.450. The predicted octanol–water partition coefficient (Wildman–Crippen LogP) is 0.966. The molecule has 0 saturated heterocycles. The highest BCUT2D eigenvalue weighted by atomic mass is 16.4. The van der Waals surface area contributed by atoms with Gasteiger partial charge in [0.2, 0.25) is 5.91 Å². The second kappa shape index (κ2) is 9.33. The molecule has 122 valence electrons. The highest BCUT2D eigenvalue weighted by molar-refractivity contribution is 5.83. The van der Waals surface area contributed by atoms with E-state index in [2.05, 4.69) is 5.32 Å². The van der Waals surface area contributed by atoms with Gasteiger partial charge in [-0.05, 0) is 37.6 Å². The lowest BCUT2D eigenvalue weighted by Crippen LogP contribution is -2.41. The van der Waals surface area contributed by atoms with Crippen LogP contribution in [0.5, 0.6) is 0 Å². The predicted molar refractivity (Wildman–Crippen MR) is 77.7 cm³/mol. The van der Waals surface area contributed by atoms with Crippen LogP contribution in [0.1, 0.15) is 52.4 Å². The Morgan fingerprint density at radius 3 is 2.24 bits per heavy atom. The molecular weight excluding hydrogens is 276 g/mol. The van der Waals surface area contributed by atoms with Gasteiger partial charge in [0.1, 0.15) is 6.04 Å². The third-order valence-corrected chi connectivity index (χ3v) is 3.37. The van der Waals surface area contributed by atoms with Crippen LogP contribution in [0, 0.1) is 5.41 Å². The first-order valence-electron chi connectivity index (χ1n) is 7.12. The Balaban J connectivity index is 4.23. The number of hydrogen-bond acceptors (Lipinski definition) is 4. The number of hydrogen-bond donors (Lipinski definition) is 4. The second-order valence-corrected chi connectivity index (χ2v) is 5.95. The maximum absolute atomic E-state index is 11.8. The van der Waals surface area contributed by atoms with Crippen LogP contribution < -0.4 is 11.1 Å². The first kappa shape index (κ1) is 19.4. The Kier molecular flexibility index (Phi) is 8.61. The minimum Gasteiger partial charge on any atom is -0.481 e. The van der Waals surface area contributed by atoms with Crippen molar-refractivity contribution in [1.29, 1.82) is 0 Å². The van der Waals surface area contributed by atoms with Gasteiger partial charge < -0.3 is 21.3 Å². The lowest BCUT2D eigenvalue weighted by Gasteiger charge is -2.23. The summed E-state index contributed by atoms with van der Waals surface area (Å²) >= 11 is 0. The molecule has 0 saturated carbocycles. The second-order valence-electron chi connectivity index (χ2n) is 5.95. The normalized spacial score (nSPS) is 12.7. The SMILES string of the molecule is CC(C)(CCN)CCC(=O)N[C@H](CCCC(=O)O)C(=O)O. The number of carboxylic acid groups (broad SMARTS) is 2. The van der Waals surface area contributed by atoms with Crippen LogP contribution in [0.4, 0.5) is 0 Å². The molecule has 0 radical (unpaired) electrons. The fourth-order valence-corrected chi connectivity index (χ4v) is 1.95. The molecular formula is C14H26N2O5. The highest BCUT2D eigenvalue weighted by Crippen LogP contribution is 2.25. The summed E-state index contributed by atoms with van der Waals surface area (Å²) in [5, 5.41) is 20.0. The largest absolute Gasteiger partial charge is 0.481 e. The van der Waals surface area contributed by atoms with Crippen molar-refractivity contribution >= 4 is 17.8 Å². The summed E-state index contributed by atoms with van der Waals surface area (Å²) in [6, 6.07) is -1.03. The molecule has 1 amide bonds. The van der Waals surface area contributed by atoms with Crippen molar-refractivity contribution in [3.05, 3.63) is 0 Å². The van der Waals surface area contributed by atoms with Crippen molar-refractivity contribution in [1.82, 2.24) is 5.32 Å². The molecule has 0 aromatic heterocycles. The number of amides is 1. The molecule has 0 aliphatic heterocycles. The van der Waals surface area contributed by atoms with Gasteiger partial charge in [0.25, 0.3) is 0 Å². The van der Waals surface area contributed by atoms with E-state index in [0.29, 0.717) is 13.0 Å². The summed E-state index contributed by atoms with van der Waals surface area (Å²) in [4.78, 5) is 33.2. The van der Waals surface area contributed by atoms with Crippen molar-refractivity contribution in [3.63, 3.8) is 0 Å². The Labute approximate surface area is 124 Å². The monoisotopic (exact) mass is 302 g/mol. The van der Waals surface area contributed by atoms with Gasteiger partial charge in [0.05, 0.1) is 0 Å². The maximum atomic E-state index is 11.8. The van der Waals surface area contributed by atoms with E-state index in [9.17, 15) is 14.4 Å². The third kappa shape index (κ3) is 9.84. The van der Waals surface area contributed by atoms with Gasteiger partial charge in [0, 0.05) is 12.8 Å². The van der Waals surface area contributed by atoms with E-state index >= 15 is 0 Å². The van der Waals surface area contributed by atoms with Gasteiger partial charge in [-0.3, -0.25) is 9.59 Å². The van der Waals surface area contributed by atoms with Gasteiger partial charge in [-0.2, -0.15) is 0 Å². The number of carbonyl (C=O) groups is 3. The van der Waals surface area contributed by atoms with E-state index in [4.69, 9.17) is 15.9 Å². The molecule has 7 nitrogen and oxygen atoms in total. The molecule has 0 unspecified atom stereocenters. The maximum Gasteiger partial charge on any atom is 0.326 e. The summed E-state index contributed by atoms with van der Waals surface area (Å²) in [5.74, 6) is -2.45. The van der Waals surface area contributed by atoms with Crippen molar-refractivity contribution in [2.75, 3.05) is 6.54 Å². The van der Waals surface area contributed by atoms with E-state index < -0.39 is 18.0 Å². The highest BCUT2D eigenvalue weighted by Gasteiger charge is 2.22. The standard InChI is InChI=1S/C14H26N2O5/c1-14(2,8-9-15)7-6-11(17)16-10(13(20)21)4-3-5-12(18)19/h10H,3-9,15H2,1-2H3,(H,16,17)(H,18,19)(H,20,21)/t10-/m1/s1. The molecule has 0 fully saturated rings. The molecule has 0 bridgehead atoms. The first-order valence-corrected chi connectivity index (χ1v) is 7.12. The Morgan fingerprint density at radius 2 is 1.76 bits per heavy atom. The molecule has 0 heterocycles. The lowest BCUT2D eigenvalue weighted by atomic mass is 9.84. The number of carbonyl (C=O) groups excluding carboxylic acids is 1. The van der Waals surface area contributed by atoms with Crippen molar-refractivity contribution in [2.24, 2.45) is 11.1 Å². The molecule has 1 atom stereocenters. The van der Waals surface area contributed by atoms with Crippen molar-refractivity contribution < 1.29 is 24.6 Å². The number of carboxylic acids is 2. The summed E-state index contributed by atoms with van der Waals surface area (Å²) in [6.07, 6.45) is 1.86. The van der Waals surface area contributed by atoms with Gasteiger partial charge in [-0.15, -0.1) is 0 Å². The molecule has 0 aromatic carbocycles. The van der Waals surface area contributed by atoms with Crippen LogP contribution in [0.15, 0.2) is 0 Å². The van der Waals surface area contributed by atoms with Gasteiger partial charge in [-0.1, -0.05) is 13.8 Å². The molecule has 0 aliphatic rings. The van der Waals surface area contributed by atoms with Crippen LogP contribution in [0.3, 0.4) is 0 Å². The fourth-order valence-electron chi connectivity index (χ4n) is 1.95. The van der Waals surface area contributed by atoms with E-state index in [1.165, 1.54) is 0 Å². The number of nitrogens with one attached hydrogen (secondary N) is 1. The Morgan fingerprint density at radius 1 is 1.14 bits per heavy atom. The summed E-state index contributed by atoms with van der Waals surface area (Å²) in [6.45, 7) is 4.56. The summed E-state index contributed by atoms with van der Waals surface area (Å²) in [7, 11) is 0. The Bertz CT molecular complexity index is 368. The Hall–Kier alpha value is -1.63. The molecule has 0 aliphatic carbocycles. The minimum atomic E-state index is -1.14. The van der Waals surface area contributed by atoms with Gasteiger partial charge in [-0.25, -0.2) is 4.79 Å². The molecule has 0 spiro atoms. The lowest BCUT2D eigenvalue weighted by molar-refractivity contribution is -0.142.